The van der Waals surface area contributed by atoms with Crippen LogP contribution >= 0.6 is 11.6 Å². The average Bonchev–Trinajstić information content (AvgIpc) is 2.94. The summed E-state index contributed by atoms with van der Waals surface area (Å²) in [5.74, 6) is 0.822. The summed E-state index contributed by atoms with van der Waals surface area (Å²) in [5.41, 5.74) is 2.61. The number of benzene rings is 1. The fraction of sp³-hybridized carbons (Fsp3) is 0.267. The van der Waals surface area contributed by atoms with Gasteiger partial charge in [-0.25, -0.2) is 4.68 Å². The third-order valence-electron chi connectivity index (χ3n) is 4.01. The number of carbonyl (C=O) groups excluding carboxylic acids is 1. The number of ketones is 1. The summed E-state index contributed by atoms with van der Waals surface area (Å²) in [7, 11) is 0. The van der Waals surface area contributed by atoms with Crippen molar-refractivity contribution in [2.75, 3.05) is 5.32 Å². The van der Waals surface area contributed by atoms with E-state index >= 15 is 0 Å². The number of nitrogens with zero attached hydrogens (tertiary/aromatic N) is 3. The van der Waals surface area contributed by atoms with Gasteiger partial charge in [-0.1, -0.05) is 29.8 Å². The summed E-state index contributed by atoms with van der Waals surface area (Å²) >= 11 is 6.35. The molecule has 0 spiro atoms. The lowest BCUT2D eigenvalue weighted by Gasteiger charge is -2.32. The molecule has 0 saturated carbocycles. The molecule has 2 heterocycles. The molecule has 1 atom stereocenters. The summed E-state index contributed by atoms with van der Waals surface area (Å²) in [4.78, 5) is 16.7. The Balaban J connectivity index is 1.96. The van der Waals surface area contributed by atoms with Gasteiger partial charge in [0.2, 0.25) is 5.95 Å². The van der Waals surface area contributed by atoms with E-state index < -0.39 is 0 Å². The topological polar surface area (TPSA) is 59.8 Å². The zero-order valence-electron chi connectivity index (χ0n) is 11.2. The smallest absolute Gasteiger partial charge is 0.226 e. The van der Waals surface area contributed by atoms with Gasteiger partial charge in [-0.3, -0.25) is 4.79 Å². The Hall–Kier alpha value is -2.14. The first-order valence-corrected chi connectivity index (χ1v) is 7.30. The molecule has 2 aromatic rings. The van der Waals surface area contributed by atoms with E-state index in [-0.39, 0.29) is 11.8 Å². The second kappa shape index (κ2) is 4.70. The lowest BCUT2D eigenvalue weighted by molar-refractivity contribution is -0.116. The third kappa shape index (κ3) is 1.88. The van der Waals surface area contributed by atoms with E-state index in [0.29, 0.717) is 17.4 Å². The Morgan fingerprint density at radius 3 is 3.00 bits per heavy atom. The van der Waals surface area contributed by atoms with Crippen molar-refractivity contribution < 1.29 is 4.79 Å². The van der Waals surface area contributed by atoms with Crippen molar-refractivity contribution in [1.82, 2.24) is 14.8 Å². The van der Waals surface area contributed by atoms with E-state index in [2.05, 4.69) is 15.4 Å². The number of fused-ring (bicyclic) bond motifs is 1. The molecular formula is C15H13ClN4O. The standard InChI is InChI=1S/C15H13ClN4O/c16-10-5-2-1-4-9(10)14-13-11(6-3-7-12(13)21)19-15-17-8-18-20(14)15/h1-2,4-5,8,14H,3,6-7H2,(H,17,18,19)/t14-/m0/s1. The van der Waals surface area contributed by atoms with Gasteiger partial charge in [0.15, 0.2) is 5.78 Å². The second-order valence-electron chi connectivity index (χ2n) is 5.25. The molecule has 0 bridgehead atoms. The van der Waals surface area contributed by atoms with Crippen molar-refractivity contribution in [3.63, 3.8) is 0 Å². The minimum atomic E-state index is -0.291. The second-order valence-corrected chi connectivity index (χ2v) is 5.65. The normalized spacial score (nSPS) is 20.8. The number of nitrogens with one attached hydrogen (secondary N) is 1. The van der Waals surface area contributed by atoms with E-state index in [0.717, 1.165) is 29.7 Å². The zero-order chi connectivity index (χ0) is 14.4. The molecule has 1 aromatic carbocycles. The fourth-order valence-corrected chi connectivity index (χ4v) is 3.32. The van der Waals surface area contributed by atoms with Gasteiger partial charge in [0.25, 0.3) is 0 Å². The SMILES string of the molecule is O=C1CCCC2=C1[C@H](c1ccccc1Cl)n1ncnc1N2. The molecule has 106 valence electrons. The van der Waals surface area contributed by atoms with Gasteiger partial charge in [0.1, 0.15) is 12.4 Å². The number of carbonyl (C=O) groups is 1. The number of hydrogen-bond donors (Lipinski definition) is 1. The molecule has 1 aliphatic heterocycles. The van der Waals surface area contributed by atoms with Crippen molar-refractivity contribution >= 4 is 23.3 Å². The van der Waals surface area contributed by atoms with Gasteiger partial charge in [0.05, 0.1) is 0 Å². The van der Waals surface area contributed by atoms with Gasteiger partial charge in [-0.2, -0.15) is 10.1 Å². The molecule has 21 heavy (non-hydrogen) atoms. The quantitative estimate of drug-likeness (QED) is 0.879. The molecule has 0 fully saturated rings. The average molecular weight is 301 g/mol. The maximum absolute atomic E-state index is 12.5. The van der Waals surface area contributed by atoms with Crippen LogP contribution in [0.1, 0.15) is 30.9 Å². The maximum Gasteiger partial charge on any atom is 0.226 e. The van der Waals surface area contributed by atoms with E-state index in [4.69, 9.17) is 11.6 Å². The van der Waals surface area contributed by atoms with Crippen LogP contribution in [0.3, 0.4) is 0 Å². The summed E-state index contributed by atoms with van der Waals surface area (Å²) in [6.07, 6.45) is 3.80. The predicted octanol–water partition coefficient (Wildman–Crippen LogP) is 2.95. The number of halogens is 1. The monoisotopic (exact) mass is 300 g/mol. The van der Waals surface area contributed by atoms with Crippen LogP contribution in [0.25, 0.3) is 0 Å². The number of aromatic nitrogens is 3. The van der Waals surface area contributed by atoms with Crippen LogP contribution in [0.2, 0.25) is 5.02 Å². The summed E-state index contributed by atoms with van der Waals surface area (Å²) in [6, 6.07) is 7.29. The van der Waals surface area contributed by atoms with Crippen molar-refractivity contribution in [1.29, 1.82) is 0 Å². The maximum atomic E-state index is 12.5. The Kier molecular flexibility index (Phi) is 2.82. The molecule has 5 nitrogen and oxygen atoms in total. The van der Waals surface area contributed by atoms with Crippen molar-refractivity contribution in [3.05, 3.63) is 52.4 Å². The van der Waals surface area contributed by atoms with Crippen LogP contribution in [0.5, 0.6) is 0 Å². The first kappa shape index (κ1) is 12.6. The van der Waals surface area contributed by atoms with E-state index in [9.17, 15) is 4.79 Å². The summed E-state index contributed by atoms with van der Waals surface area (Å²) in [6.45, 7) is 0. The molecule has 1 aliphatic carbocycles. The number of allylic oxidation sites excluding steroid dienone is 2. The van der Waals surface area contributed by atoms with Crippen LogP contribution in [-0.2, 0) is 4.79 Å². The van der Waals surface area contributed by atoms with Gasteiger partial charge >= 0.3 is 0 Å². The van der Waals surface area contributed by atoms with Crippen molar-refractivity contribution in [2.24, 2.45) is 0 Å². The van der Waals surface area contributed by atoms with Crippen LogP contribution < -0.4 is 5.32 Å². The number of Topliss-reactive ketones (excluding diaryl/α,β-unsaturated/α-hetero) is 1. The molecule has 1 aromatic heterocycles. The van der Waals surface area contributed by atoms with E-state index in [1.54, 1.807) is 4.68 Å². The highest BCUT2D eigenvalue weighted by Crippen LogP contribution is 2.41. The molecule has 0 unspecified atom stereocenters. The lowest BCUT2D eigenvalue weighted by atomic mass is 9.85. The van der Waals surface area contributed by atoms with Crippen LogP contribution in [0, 0.1) is 0 Å². The molecule has 0 saturated heterocycles. The molecule has 4 rings (SSSR count). The van der Waals surface area contributed by atoms with Gasteiger partial charge in [-0.05, 0) is 18.9 Å². The third-order valence-corrected chi connectivity index (χ3v) is 4.35. The molecule has 1 N–H and O–H groups in total. The highest BCUT2D eigenvalue weighted by Gasteiger charge is 2.36. The molecule has 0 amide bonds. The highest BCUT2D eigenvalue weighted by molar-refractivity contribution is 6.31. The van der Waals surface area contributed by atoms with Crippen molar-refractivity contribution in [3.8, 4) is 0 Å². The zero-order valence-corrected chi connectivity index (χ0v) is 12.0. The minimum absolute atomic E-state index is 0.162. The van der Waals surface area contributed by atoms with Crippen LogP contribution in [0.4, 0.5) is 5.95 Å². The predicted molar refractivity (Wildman–Crippen MR) is 79.1 cm³/mol. The fourth-order valence-electron chi connectivity index (χ4n) is 3.08. The van der Waals surface area contributed by atoms with Gasteiger partial charge in [-0.15, -0.1) is 0 Å². The summed E-state index contributed by atoms with van der Waals surface area (Å²) in [5, 5.41) is 8.15. The highest BCUT2D eigenvalue weighted by atomic mass is 35.5. The number of anilines is 1. The Morgan fingerprint density at radius 2 is 2.14 bits per heavy atom. The molecule has 0 radical (unpaired) electrons. The number of rotatable bonds is 1. The Morgan fingerprint density at radius 1 is 1.29 bits per heavy atom. The first-order valence-electron chi connectivity index (χ1n) is 6.93. The largest absolute Gasteiger partial charge is 0.328 e. The lowest BCUT2D eigenvalue weighted by Crippen LogP contribution is -2.31. The summed E-state index contributed by atoms with van der Waals surface area (Å²) < 4.78 is 1.74. The van der Waals surface area contributed by atoms with E-state index in [1.165, 1.54) is 6.33 Å². The van der Waals surface area contributed by atoms with Gasteiger partial charge < -0.3 is 5.32 Å². The number of hydrogen-bond acceptors (Lipinski definition) is 4. The Labute approximate surface area is 126 Å². The molecule has 6 heteroatoms. The molecular weight excluding hydrogens is 288 g/mol. The Bertz CT molecular complexity index is 765. The van der Waals surface area contributed by atoms with E-state index in [1.807, 2.05) is 24.3 Å². The van der Waals surface area contributed by atoms with Crippen molar-refractivity contribution in [2.45, 2.75) is 25.3 Å². The van der Waals surface area contributed by atoms with Crippen LogP contribution in [0.15, 0.2) is 41.9 Å². The first-order chi connectivity index (χ1) is 10.3. The molecule has 2 aliphatic rings. The minimum Gasteiger partial charge on any atom is -0.328 e. The van der Waals surface area contributed by atoms with Gasteiger partial charge in [0, 0.05) is 28.3 Å². The van der Waals surface area contributed by atoms with Crippen LogP contribution in [-0.4, -0.2) is 20.5 Å².